The first-order chi connectivity index (χ1) is 3.81. The number of hydrogen-bond acceptors (Lipinski definition) is 0. The van der Waals surface area contributed by atoms with Crippen molar-refractivity contribution < 1.29 is 0 Å². The average molecular weight is 242 g/mol. The van der Waals surface area contributed by atoms with Crippen molar-refractivity contribution in [3.8, 4) is 0 Å². The lowest BCUT2D eigenvalue weighted by atomic mass is 10.4. The van der Waals surface area contributed by atoms with E-state index in [2.05, 4.69) is 35.6 Å². The maximum atomic E-state index is 2.67. The van der Waals surface area contributed by atoms with Crippen LogP contribution < -0.4 is 0 Å². The highest BCUT2D eigenvalue weighted by molar-refractivity contribution is 14.1. The summed E-state index contributed by atoms with van der Waals surface area (Å²) in [5.41, 5.74) is 0. The molecule has 0 aliphatic heterocycles. The molecule has 50 valence electrons. The van der Waals surface area contributed by atoms with Gasteiger partial charge in [-0.05, 0) is 0 Å². The predicted molar refractivity (Wildman–Crippen MR) is 51.4 cm³/mol. The fraction of sp³-hybridized carbons (Fsp3) is 1.00. The zero-order valence-corrected chi connectivity index (χ0v) is 9.10. The standard InChI is InChI=1S/C6H15ISi/c1-3-5-6-8(7)4-2/h8H,3-6H2,1-2H3. The van der Waals surface area contributed by atoms with Crippen molar-refractivity contribution in [2.75, 3.05) is 0 Å². The summed E-state index contributed by atoms with van der Waals surface area (Å²) in [7, 11) is 0. The normalized spacial score (nSPS) is 13.9. The highest BCUT2D eigenvalue weighted by Crippen LogP contribution is 2.10. The monoisotopic (exact) mass is 242 g/mol. The first-order valence-corrected chi connectivity index (χ1v) is 9.26. The molecule has 0 aliphatic rings. The molecule has 0 radical (unpaired) electrons. The van der Waals surface area contributed by atoms with Gasteiger partial charge in [-0.1, -0.05) is 38.8 Å². The van der Waals surface area contributed by atoms with Crippen LogP contribution in [0.15, 0.2) is 0 Å². The van der Waals surface area contributed by atoms with Crippen molar-refractivity contribution in [2.45, 2.75) is 38.8 Å². The Kier molecular flexibility index (Phi) is 6.79. The predicted octanol–water partition coefficient (Wildman–Crippen LogP) is 2.97. The van der Waals surface area contributed by atoms with Gasteiger partial charge < -0.3 is 0 Å². The first-order valence-electron chi connectivity index (χ1n) is 3.45. The van der Waals surface area contributed by atoms with Gasteiger partial charge in [0.2, 0.25) is 0 Å². The second kappa shape index (κ2) is 6.07. The first kappa shape index (κ1) is 8.95. The number of hydrogen-bond donors (Lipinski definition) is 0. The highest BCUT2D eigenvalue weighted by Gasteiger charge is 1.99. The Bertz CT molecular complexity index is 47.8. The van der Waals surface area contributed by atoms with Crippen LogP contribution in [0.25, 0.3) is 0 Å². The van der Waals surface area contributed by atoms with E-state index in [9.17, 15) is 0 Å². The van der Waals surface area contributed by atoms with Crippen molar-refractivity contribution in [1.82, 2.24) is 0 Å². The molecule has 0 fully saturated rings. The molecule has 1 atom stereocenters. The second-order valence-electron chi connectivity index (χ2n) is 2.15. The summed E-state index contributed by atoms with van der Waals surface area (Å²) in [6, 6.07) is 3.02. The lowest BCUT2D eigenvalue weighted by Gasteiger charge is -2.00. The third-order valence-electron chi connectivity index (χ3n) is 1.31. The molecule has 0 amide bonds. The molecule has 0 aliphatic carbocycles. The summed E-state index contributed by atoms with van der Waals surface area (Å²) >= 11 is 2.67. The zero-order chi connectivity index (χ0) is 6.41. The summed E-state index contributed by atoms with van der Waals surface area (Å²) in [4.78, 5) is 0. The molecule has 0 N–H and O–H groups in total. The number of halogens is 1. The third kappa shape index (κ3) is 5.09. The molecule has 0 nitrogen and oxygen atoms in total. The Morgan fingerprint density at radius 1 is 1.38 bits per heavy atom. The largest absolute Gasteiger partial charge is 0.123 e. The lowest BCUT2D eigenvalue weighted by molar-refractivity contribution is 0.877. The molecule has 0 spiro atoms. The van der Waals surface area contributed by atoms with Crippen molar-refractivity contribution in [2.24, 2.45) is 0 Å². The number of unbranched alkanes of at least 4 members (excludes halogenated alkanes) is 1. The summed E-state index contributed by atoms with van der Waals surface area (Å²) in [6.45, 7) is 4.59. The van der Waals surface area contributed by atoms with Crippen LogP contribution in [0.1, 0.15) is 26.7 Å². The zero-order valence-electron chi connectivity index (χ0n) is 5.78. The number of rotatable bonds is 4. The van der Waals surface area contributed by atoms with Gasteiger partial charge in [0, 0.05) is 0 Å². The van der Waals surface area contributed by atoms with Crippen molar-refractivity contribution >= 4 is 28.1 Å². The molecule has 0 saturated heterocycles. The Labute approximate surface area is 66.9 Å². The quantitative estimate of drug-likeness (QED) is 0.404. The van der Waals surface area contributed by atoms with Crippen LogP contribution in [0.4, 0.5) is 0 Å². The highest BCUT2D eigenvalue weighted by atomic mass is 127. The van der Waals surface area contributed by atoms with Gasteiger partial charge in [-0.2, -0.15) is 0 Å². The van der Waals surface area contributed by atoms with Gasteiger partial charge >= 0.3 is 0 Å². The van der Waals surface area contributed by atoms with Gasteiger partial charge in [0.15, 0.2) is 0 Å². The molecule has 1 unspecified atom stereocenters. The van der Waals surface area contributed by atoms with E-state index in [4.69, 9.17) is 0 Å². The fourth-order valence-electron chi connectivity index (χ4n) is 0.630. The van der Waals surface area contributed by atoms with Gasteiger partial charge in [0.25, 0.3) is 0 Å². The SMILES string of the molecule is CCCC[SiH](I)CC. The van der Waals surface area contributed by atoms with E-state index in [1.165, 1.54) is 18.9 Å². The maximum absolute atomic E-state index is 2.67. The molecule has 8 heavy (non-hydrogen) atoms. The summed E-state index contributed by atoms with van der Waals surface area (Å²) < 4.78 is 0. The van der Waals surface area contributed by atoms with Gasteiger partial charge in [-0.25, -0.2) is 0 Å². The van der Waals surface area contributed by atoms with Crippen LogP contribution in [0.5, 0.6) is 0 Å². The fourth-order valence-corrected chi connectivity index (χ4v) is 3.21. The summed E-state index contributed by atoms with van der Waals surface area (Å²) in [5.74, 6) is 0. The van der Waals surface area contributed by atoms with Gasteiger partial charge in [0.05, 0.1) is 0 Å². The summed E-state index contributed by atoms with van der Waals surface area (Å²) in [6.07, 6.45) is 2.62. The molecule has 2 heteroatoms. The third-order valence-corrected chi connectivity index (χ3v) is 7.75. The molecule has 0 heterocycles. The van der Waals surface area contributed by atoms with E-state index >= 15 is 0 Å². The molecule has 0 rings (SSSR count). The van der Waals surface area contributed by atoms with Gasteiger partial charge in [0.1, 0.15) is 6.29 Å². The van der Waals surface area contributed by atoms with Crippen LogP contribution in [-0.4, -0.2) is 6.29 Å². The van der Waals surface area contributed by atoms with Crippen LogP contribution in [0.2, 0.25) is 12.1 Å². The van der Waals surface area contributed by atoms with Gasteiger partial charge in [-0.15, -0.1) is 21.8 Å². The minimum absolute atomic E-state index is 0.229. The van der Waals surface area contributed by atoms with Crippen molar-refractivity contribution in [3.63, 3.8) is 0 Å². The smallest absolute Gasteiger partial charge is 0.109 e. The minimum Gasteiger partial charge on any atom is -0.123 e. The Morgan fingerprint density at radius 2 is 2.00 bits per heavy atom. The average Bonchev–Trinajstić information content (AvgIpc) is 1.83. The van der Waals surface area contributed by atoms with Crippen LogP contribution in [-0.2, 0) is 0 Å². The minimum atomic E-state index is -0.229. The molecule has 0 bridgehead atoms. The van der Waals surface area contributed by atoms with E-state index in [0.29, 0.717) is 0 Å². The lowest BCUT2D eigenvalue weighted by Crippen LogP contribution is -1.97. The van der Waals surface area contributed by atoms with E-state index in [-0.39, 0.29) is 6.29 Å². The Hall–Kier alpha value is 0.947. The van der Waals surface area contributed by atoms with Crippen LogP contribution in [0, 0.1) is 0 Å². The molecular formula is C6H15ISi. The Balaban J connectivity index is 2.86. The topological polar surface area (TPSA) is 0 Å². The molecule has 0 aromatic carbocycles. The van der Waals surface area contributed by atoms with Gasteiger partial charge in [-0.3, -0.25) is 0 Å². The maximum Gasteiger partial charge on any atom is 0.109 e. The second-order valence-corrected chi connectivity index (χ2v) is 10.0. The van der Waals surface area contributed by atoms with Crippen LogP contribution in [0.3, 0.4) is 0 Å². The van der Waals surface area contributed by atoms with E-state index in [1.54, 1.807) is 6.04 Å². The van der Waals surface area contributed by atoms with Crippen LogP contribution >= 0.6 is 21.8 Å². The van der Waals surface area contributed by atoms with E-state index in [0.717, 1.165) is 0 Å². The molecule has 0 aromatic heterocycles. The van der Waals surface area contributed by atoms with E-state index in [1.807, 2.05) is 0 Å². The van der Waals surface area contributed by atoms with E-state index < -0.39 is 0 Å². The van der Waals surface area contributed by atoms with Crippen molar-refractivity contribution in [1.29, 1.82) is 0 Å². The molecule has 0 aromatic rings. The van der Waals surface area contributed by atoms with Crippen molar-refractivity contribution in [3.05, 3.63) is 0 Å². The molecule has 0 saturated carbocycles. The Morgan fingerprint density at radius 3 is 2.38 bits per heavy atom. The summed E-state index contributed by atoms with van der Waals surface area (Å²) in [5, 5.41) is 0. The molecular weight excluding hydrogens is 227 g/mol.